The van der Waals surface area contributed by atoms with Crippen molar-refractivity contribution in [3.63, 3.8) is 0 Å². The Hall–Kier alpha value is -2.10. The molecule has 1 aromatic rings. The molecule has 4 nitrogen and oxygen atoms in total. The first-order valence-corrected chi connectivity index (χ1v) is 6.73. The minimum Gasteiger partial charge on any atom is -0.366 e. The highest BCUT2D eigenvalue weighted by Crippen LogP contribution is 2.32. The van der Waals surface area contributed by atoms with Gasteiger partial charge in [-0.1, -0.05) is 37.3 Å². The zero-order valence-electron chi connectivity index (χ0n) is 12.2. The third-order valence-corrected chi connectivity index (χ3v) is 3.56. The van der Waals surface area contributed by atoms with Gasteiger partial charge in [0.2, 0.25) is 11.8 Å². The van der Waals surface area contributed by atoms with E-state index in [2.05, 4.69) is 41.9 Å². The molecule has 0 spiro atoms. The van der Waals surface area contributed by atoms with E-state index < -0.39 is 0 Å². The Bertz CT molecular complexity index is 578. The van der Waals surface area contributed by atoms with Crippen LogP contribution in [0.2, 0.25) is 0 Å². The molecule has 0 radical (unpaired) electrons. The molecule has 4 heteroatoms. The van der Waals surface area contributed by atoms with Crippen LogP contribution in [-0.2, 0) is 16.1 Å². The van der Waals surface area contributed by atoms with Crippen LogP contribution in [0.15, 0.2) is 24.8 Å². The average Bonchev–Trinajstić information content (AvgIpc) is 2.64. The van der Waals surface area contributed by atoms with E-state index in [1.807, 2.05) is 6.92 Å². The number of carbonyl (C=O) groups is 2. The summed E-state index contributed by atoms with van der Waals surface area (Å²) in [5, 5.41) is 2.33. The van der Waals surface area contributed by atoms with Gasteiger partial charge < -0.3 is 4.90 Å². The lowest BCUT2D eigenvalue weighted by Crippen LogP contribution is -2.37. The number of hydrogen-bond acceptors (Lipinski definition) is 3. The van der Waals surface area contributed by atoms with Crippen molar-refractivity contribution in [3.05, 3.63) is 41.5 Å². The van der Waals surface area contributed by atoms with E-state index in [1.54, 1.807) is 0 Å². The highest BCUT2D eigenvalue weighted by molar-refractivity contribution is 5.95. The van der Waals surface area contributed by atoms with Crippen LogP contribution in [0.3, 0.4) is 0 Å². The topological polar surface area (TPSA) is 49.4 Å². The monoisotopic (exact) mass is 272 g/mol. The molecule has 1 aromatic carbocycles. The number of nitrogens with one attached hydrogen (secondary N) is 1. The molecule has 0 aromatic heterocycles. The van der Waals surface area contributed by atoms with Crippen molar-refractivity contribution < 1.29 is 9.59 Å². The Kier molecular flexibility index (Phi) is 3.93. The lowest BCUT2D eigenvalue weighted by atomic mass is 10.1. The van der Waals surface area contributed by atoms with Gasteiger partial charge in [-0.15, -0.1) is 0 Å². The maximum Gasteiger partial charge on any atom is 0.231 e. The number of imide groups is 1. The minimum absolute atomic E-state index is 0.238. The second kappa shape index (κ2) is 5.49. The van der Waals surface area contributed by atoms with Crippen molar-refractivity contribution in [1.29, 1.82) is 0 Å². The van der Waals surface area contributed by atoms with Gasteiger partial charge in [0.1, 0.15) is 0 Å². The number of aryl methyl sites for hydroxylation is 1. The molecule has 0 saturated heterocycles. The van der Waals surface area contributed by atoms with Crippen molar-refractivity contribution in [3.8, 4) is 0 Å². The molecule has 2 rings (SSSR count). The van der Waals surface area contributed by atoms with E-state index in [4.69, 9.17) is 0 Å². The summed E-state index contributed by atoms with van der Waals surface area (Å²) in [5.41, 5.74) is 4.56. The van der Waals surface area contributed by atoms with Gasteiger partial charge in [-0.2, -0.15) is 0 Å². The van der Waals surface area contributed by atoms with Gasteiger partial charge in [0.25, 0.3) is 0 Å². The van der Waals surface area contributed by atoms with Crippen molar-refractivity contribution in [1.82, 2.24) is 10.2 Å². The van der Waals surface area contributed by atoms with E-state index in [0.29, 0.717) is 6.54 Å². The van der Waals surface area contributed by atoms with Crippen molar-refractivity contribution in [2.45, 2.75) is 27.3 Å². The molecule has 0 fully saturated rings. The van der Waals surface area contributed by atoms with Crippen LogP contribution in [0.4, 0.5) is 0 Å². The van der Waals surface area contributed by atoms with Crippen LogP contribution < -0.4 is 5.32 Å². The Labute approximate surface area is 119 Å². The highest BCUT2D eigenvalue weighted by atomic mass is 16.2. The molecule has 1 atom stereocenters. The van der Waals surface area contributed by atoms with Gasteiger partial charge >= 0.3 is 0 Å². The van der Waals surface area contributed by atoms with E-state index in [9.17, 15) is 9.59 Å². The summed E-state index contributed by atoms with van der Waals surface area (Å²) < 4.78 is 0. The van der Waals surface area contributed by atoms with E-state index in [0.717, 1.165) is 17.8 Å². The molecule has 2 amide bonds. The second-order valence-electron chi connectivity index (χ2n) is 5.43. The second-order valence-corrected chi connectivity index (χ2v) is 5.43. The molecule has 1 aliphatic rings. The summed E-state index contributed by atoms with van der Waals surface area (Å²) in [7, 11) is 0. The zero-order valence-corrected chi connectivity index (χ0v) is 12.2. The number of benzene rings is 1. The molecule has 1 heterocycles. The number of nitrogens with zero attached hydrogens (tertiary/aromatic N) is 1. The maximum atomic E-state index is 11.8. The predicted molar refractivity (Wildman–Crippen MR) is 78.6 cm³/mol. The van der Waals surface area contributed by atoms with Crippen LogP contribution in [0.5, 0.6) is 0 Å². The number of carbonyl (C=O) groups excluding carboxylic acids is 2. The quantitative estimate of drug-likeness (QED) is 0.916. The van der Waals surface area contributed by atoms with Crippen molar-refractivity contribution >= 4 is 17.5 Å². The van der Waals surface area contributed by atoms with E-state index >= 15 is 0 Å². The molecule has 20 heavy (non-hydrogen) atoms. The first-order valence-electron chi connectivity index (χ1n) is 6.73. The van der Waals surface area contributed by atoms with Crippen LogP contribution in [0, 0.1) is 12.8 Å². The fraction of sp³-hybridized carbons (Fsp3) is 0.375. The summed E-state index contributed by atoms with van der Waals surface area (Å²) in [5.74, 6) is -0.815. The maximum absolute atomic E-state index is 11.8. The van der Waals surface area contributed by atoms with Gasteiger partial charge in [-0.3, -0.25) is 14.9 Å². The normalized spacial score (nSPS) is 14.9. The molecule has 1 unspecified atom stereocenters. The fourth-order valence-electron chi connectivity index (χ4n) is 2.49. The summed E-state index contributed by atoms with van der Waals surface area (Å²) in [6, 6.07) is 6.30. The molecular formula is C16H20N2O2. The molecule has 1 N–H and O–H groups in total. The third kappa shape index (κ3) is 2.90. The molecular weight excluding hydrogens is 252 g/mol. The minimum atomic E-state index is -0.319. The summed E-state index contributed by atoms with van der Waals surface area (Å²) in [4.78, 5) is 24.8. The first-order chi connectivity index (χ1) is 9.38. The smallest absolute Gasteiger partial charge is 0.231 e. The Morgan fingerprint density at radius 1 is 1.45 bits per heavy atom. The van der Waals surface area contributed by atoms with Gasteiger partial charge in [-0.25, -0.2) is 0 Å². The van der Waals surface area contributed by atoms with Crippen LogP contribution in [0.25, 0.3) is 5.70 Å². The van der Waals surface area contributed by atoms with Crippen molar-refractivity contribution in [2.24, 2.45) is 5.92 Å². The first kappa shape index (κ1) is 14.3. The molecule has 0 saturated carbocycles. The molecule has 1 aliphatic heterocycles. The van der Waals surface area contributed by atoms with Gasteiger partial charge in [-0.05, 0) is 12.5 Å². The largest absolute Gasteiger partial charge is 0.366 e. The summed E-state index contributed by atoms with van der Waals surface area (Å²) in [6.07, 6.45) is 0. The highest BCUT2D eigenvalue weighted by Gasteiger charge is 2.25. The summed E-state index contributed by atoms with van der Waals surface area (Å²) in [6.45, 7) is 10.7. The van der Waals surface area contributed by atoms with Crippen molar-refractivity contribution in [2.75, 3.05) is 6.54 Å². The predicted octanol–water partition coefficient (Wildman–Crippen LogP) is 2.08. The zero-order chi connectivity index (χ0) is 14.9. The van der Waals surface area contributed by atoms with Gasteiger partial charge in [0, 0.05) is 31.3 Å². The Balaban J connectivity index is 2.04. The van der Waals surface area contributed by atoms with Crippen LogP contribution >= 0.6 is 0 Å². The standard InChI is InChI=1S/C16H20N2O2/c1-10-5-6-15-12(3)18(9-14(15)7-10)8-11(2)16(20)17-13(4)19/h5-7,11H,3,8-9H2,1-2,4H3,(H,17,19,20). The van der Waals surface area contributed by atoms with E-state index in [-0.39, 0.29) is 17.7 Å². The average molecular weight is 272 g/mol. The number of fused-ring (bicyclic) bond motifs is 1. The Morgan fingerprint density at radius 2 is 2.15 bits per heavy atom. The fourth-order valence-corrected chi connectivity index (χ4v) is 2.49. The van der Waals surface area contributed by atoms with Crippen LogP contribution in [0.1, 0.15) is 30.5 Å². The van der Waals surface area contributed by atoms with E-state index in [1.165, 1.54) is 18.1 Å². The molecule has 0 bridgehead atoms. The number of amides is 2. The lowest BCUT2D eigenvalue weighted by molar-refractivity contribution is -0.131. The summed E-state index contributed by atoms with van der Waals surface area (Å²) >= 11 is 0. The van der Waals surface area contributed by atoms with Gasteiger partial charge in [0.15, 0.2) is 0 Å². The molecule has 0 aliphatic carbocycles. The molecule has 106 valence electrons. The SMILES string of the molecule is C=C1c2ccc(C)cc2CN1CC(C)C(=O)NC(C)=O. The van der Waals surface area contributed by atoms with Gasteiger partial charge in [0.05, 0.1) is 5.92 Å². The lowest BCUT2D eigenvalue weighted by Gasteiger charge is -2.22. The number of rotatable bonds is 3. The number of hydrogen-bond donors (Lipinski definition) is 1. The third-order valence-electron chi connectivity index (χ3n) is 3.56. The Morgan fingerprint density at radius 3 is 2.80 bits per heavy atom. The van der Waals surface area contributed by atoms with Crippen LogP contribution in [-0.4, -0.2) is 23.3 Å².